The summed E-state index contributed by atoms with van der Waals surface area (Å²) >= 11 is 0. The molecule has 0 N–H and O–H groups in total. The third-order valence-corrected chi connectivity index (χ3v) is 11.3. The van der Waals surface area contributed by atoms with Crippen LogP contribution in [0.25, 0.3) is 66.4 Å². The van der Waals surface area contributed by atoms with Crippen molar-refractivity contribution in [2.24, 2.45) is 0 Å². The molecule has 1 radical (unpaired) electrons. The van der Waals surface area contributed by atoms with Crippen LogP contribution in [0.3, 0.4) is 0 Å². The van der Waals surface area contributed by atoms with Crippen LogP contribution in [0.1, 0.15) is 138 Å². The maximum atomic E-state index is 8.39. The number of furan rings is 1. The van der Waals surface area contributed by atoms with Gasteiger partial charge in [-0.25, -0.2) is 4.98 Å². The summed E-state index contributed by atoms with van der Waals surface area (Å²) in [6, 6.07) is 37.4. The molecule has 5 heteroatoms. The molecule has 0 spiro atoms. The van der Waals surface area contributed by atoms with Crippen LogP contribution in [0.2, 0.25) is 0 Å². The Morgan fingerprint density at radius 1 is 0.667 bits per heavy atom. The van der Waals surface area contributed by atoms with Gasteiger partial charge in [0.1, 0.15) is 11.9 Å². The smallest absolute Gasteiger partial charge is 0.128 e. The molecule has 0 aliphatic carbocycles. The summed E-state index contributed by atoms with van der Waals surface area (Å²) < 4.78 is 31.9. The van der Waals surface area contributed by atoms with Crippen LogP contribution >= 0.6 is 0 Å². The van der Waals surface area contributed by atoms with Crippen molar-refractivity contribution in [3.8, 4) is 33.6 Å². The maximum Gasteiger partial charge on any atom is 0.128 e. The molecule has 4 nitrogen and oxygen atoms in total. The summed E-state index contributed by atoms with van der Waals surface area (Å²) in [5.74, 6) is 1.12. The summed E-state index contributed by atoms with van der Waals surface area (Å²) in [7, 11) is 0. The van der Waals surface area contributed by atoms with Crippen molar-refractivity contribution >= 4 is 32.7 Å². The zero-order valence-corrected chi connectivity index (χ0v) is 39.5. The Hall–Kier alpha value is -4.96. The first kappa shape index (κ1) is 40.4. The van der Waals surface area contributed by atoms with Gasteiger partial charge in [-0.2, -0.15) is 0 Å². The molecule has 0 aliphatic rings. The van der Waals surface area contributed by atoms with Crippen molar-refractivity contribution < 1.29 is 28.6 Å². The Morgan fingerprint density at radius 3 is 1.97 bits per heavy atom. The molecule has 0 atom stereocenters. The number of pyridine rings is 1. The van der Waals surface area contributed by atoms with E-state index in [2.05, 4.69) is 159 Å². The summed E-state index contributed by atoms with van der Waals surface area (Å²) in [6.07, 6.45) is 3.51. The number of fused-ring (bicyclic) bond motifs is 5. The molecule has 0 saturated heterocycles. The van der Waals surface area contributed by atoms with Crippen LogP contribution in [-0.4, -0.2) is 15.0 Å². The molecule has 3 aromatic heterocycles. The zero-order chi connectivity index (χ0) is 44.9. The number of rotatable bonds is 6. The monoisotopic (exact) mass is 973 g/mol. The van der Waals surface area contributed by atoms with Crippen LogP contribution in [0, 0.1) is 19.0 Å². The van der Waals surface area contributed by atoms with Gasteiger partial charge in [-0.1, -0.05) is 155 Å². The Morgan fingerprint density at radius 2 is 1.38 bits per heavy atom. The third kappa shape index (κ3) is 9.04. The summed E-state index contributed by atoms with van der Waals surface area (Å²) in [5.41, 5.74) is 13.2. The van der Waals surface area contributed by atoms with E-state index in [9.17, 15) is 0 Å². The average Bonchev–Trinajstić information content (AvgIpc) is 3.62. The maximum absolute atomic E-state index is 8.39. The Bertz CT molecular complexity index is 2850. The number of hydrogen-bond acceptors (Lipinski definition) is 4. The predicted molar refractivity (Wildman–Crippen MR) is 249 cm³/mol. The second-order valence-corrected chi connectivity index (χ2v) is 18.8. The van der Waals surface area contributed by atoms with E-state index in [4.69, 9.17) is 8.53 Å². The van der Waals surface area contributed by atoms with Crippen LogP contribution in [-0.2, 0) is 30.9 Å². The van der Waals surface area contributed by atoms with Gasteiger partial charge in [0, 0.05) is 52.3 Å². The molecule has 8 rings (SSSR count). The third-order valence-electron chi connectivity index (χ3n) is 11.3. The van der Waals surface area contributed by atoms with Gasteiger partial charge in [0.05, 0.1) is 5.58 Å². The van der Waals surface area contributed by atoms with Gasteiger partial charge >= 0.3 is 0 Å². The van der Waals surface area contributed by atoms with Crippen LogP contribution in [0.15, 0.2) is 108 Å². The Labute approximate surface area is 375 Å². The van der Waals surface area contributed by atoms with Crippen LogP contribution in [0.4, 0.5) is 0 Å². The predicted octanol–water partition coefficient (Wildman–Crippen LogP) is 15.5. The number of aryl methyl sites for hydroxylation is 1. The molecule has 0 bridgehead atoms. The van der Waals surface area contributed by atoms with E-state index in [0.29, 0.717) is 45.6 Å². The summed E-state index contributed by atoms with van der Waals surface area (Å²) in [6.45, 7) is 24.1. The first-order chi connectivity index (χ1) is 29.1. The van der Waals surface area contributed by atoms with Crippen molar-refractivity contribution in [3.63, 3.8) is 0 Å². The molecule has 8 aromatic rings. The van der Waals surface area contributed by atoms with Gasteiger partial charge in [0.25, 0.3) is 0 Å². The summed E-state index contributed by atoms with van der Waals surface area (Å²) in [4.78, 5) is 13.6. The van der Waals surface area contributed by atoms with Gasteiger partial charge in [0.2, 0.25) is 0 Å². The molecule has 5 aromatic carbocycles. The molecule has 0 fully saturated rings. The minimum Gasteiger partial charge on any atom is -0.500 e. The van der Waals surface area contributed by atoms with E-state index in [-0.39, 0.29) is 36.5 Å². The Kier molecular flexibility index (Phi) is 11.8. The average molecular weight is 973 g/mol. The van der Waals surface area contributed by atoms with Crippen molar-refractivity contribution in [2.45, 2.75) is 119 Å². The molecule has 0 aliphatic heterocycles. The van der Waals surface area contributed by atoms with E-state index >= 15 is 0 Å². The first-order valence-corrected chi connectivity index (χ1v) is 20.9. The van der Waals surface area contributed by atoms with Crippen molar-refractivity contribution in [2.75, 3.05) is 0 Å². The number of hydrogen-bond donors (Lipinski definition) is 0. The fraction of sp³-hybridized carbons (Fsp3) is 0.327. The second-order valence-electron chi connectivity index (χ2n) is 18.8. The zero-order valence-electron chi connectivity index (χ0n) is 40.1. The largest absolute Gasteiger partial charge is 0.500 e. The number of benzene rings is 5. The van der Waals surface area contributed by atoms with Gasteiger partial charge in [-0.05, 0) is 79.4 Å². The molecular formula is C55H59IrN3O-2. The van der Waals surface area contributed by atoms with Gasteiger partial charge < -0.3 is 9.40 Å². The number of nitrogens with zero attached hydrogens (tertiary/aromatic N) is 3. The fourth-order valence-electron chi connectivity index (χ4n) is 7.69. The van der Waals surface area contributed by atoms with Crippen molar-refractivity contribution in [1.29, 1.82) is 0 Å². The topological polar surface area (TPSA) is 51.8 Å². The van der Waals surface area contributed by atoms with E-state index in [0.717, 1.165) is 38.7 Å². The molecule has 0 amide bonds. The summed E-state index contributed by atoms with van der Waals surface area (Å²) in [5, 5.41) is 3.34. The van der Waals surface area contributed by atoms with Gasteiger partial charge in [-0.15, -0.1) is 53.6 Å². The van der Waals surface area contributed by atoms with E-state index in [1.807, 2.05) is 42.6 Å². The molecule has 60 heavy (non-hydrogen) atoms. The second kappa shape index (κ2) is 17.6. The molecular weight excluding hydrogens is 911 g/mol. The van der Waals surface area contributed by atoms with E-state index in [1.165, 1.54) is 27.8 Å². The fourth-order valence-corrected chi connectivity index (χ4v) is 7.69. The van der Waals surface area contributed by atoms with Gasteiger partial charge in [-0.3, -0.25) is 4.98 Å². The normalized spacial score (nSPS) is 13.0. The molecule has 311 valence electrons. The number of aromatic nitrogens is 3. The molecule has 0 saturated carbocycles. The van der Waals surface area contributed by atoms with E-state index in [1.54, 1.807) is 12.4 Å². The van der Waals surface area contributed by atoms with Crippen LogP contribution in [0.5, 0.6) is 0 Å². The van der Waals surface area contributed by atoms with Gasteiger partial charge in [0.15, 0.2) is 0 Å². The minimum atomic E-state index is -2.35. The first-order valence-electron chi connectivity index (χ1n) is 22.4. The standard InChI is InChI=1S/C40H43N2O.C15H16N.Ir/c1-22(2)28-18-31(23(3)4)37(32(19-28)24(5)6)27-13-12-26-14-16-30-36-25(7)11-15-29(39(36)43-38(30)33(26)17-27)34-20-35(40(8,9)10)42-21-41-34;1-15(2,3)13-9-10-14(16-11-13)12-7-5-4-6-8-12;/h11-14,16-24H,1-10H3;4-7,9-11H,1-3H3;/q2*-1;/i7D3;;. The molecule has 0 unspecified atom stereocenters. The Balaban J connectivity index is 0.000000327. The van der Waals surface area contributed by atoms with Crippen molar-refractivity contribution in [3.05, 3.63) is 149 Å². The van der Waals surface area contributed by atoms with E-state index < -0.39 is 6.85 Å². The molecule has 3 heterocycles. The van der Waals surface area contributed by atoms with Crippen molar-refractivity contribution in [1.82, 2.24) is 15.0 Å². The quantitative estimate of drug-likeness (QED) is 0.156. The SMILES string of the molecule is CC(C)(C)c1ccc(-c2[c-]cccc2)nc1.[2H]C([2H])([2H])c1c[c-]c(-c2cc(C(C)(C)C)ncn2)c2oc3c4cc(-c5c(C(C)C)cc(C(C)C)cc5C(C)C)ccc4ccc3c12.[Ir]. The van der Waals surface area contributed by atoms with Crippen LogP contribution < -0.4 is 0 Å². The minimum absolute atomic E-state index is 0.